The van der Waals surface area contributed by atoms with Crippen LogP contribution in [0, 0.1) is 11.7 Å². The number of Topliss-reactive ketones (excluding diaryl/α,β-unsaturated/α-hetero) is 1. The van der Waals surface area contributed by atoms with Gasteiger partial charge in [-0.05, 0) is 100 Å². The second-order valence-electron chi connectivity index (χ2n) is 10.5. The van der Waals surface area contributed by atoms with Crippen LogP contribution in [0.5, 0.6) is 0 Å². The number of halogens is 2. The second kappa shape index (κ2) is 10.0. The number of ketones is 1. The Bertz CT molecular complexity index is 1070. The van der Waals surface area contributed by atoms with E-state index in [2.05, 4.69) is 5.32 Å². The van der Waals surface area contributed by atoms with Gasteiger partial charge < -0.3 is 10.1 Å². The van der Waals surface area contributed by atoms with Crippen LogP contribution in [-0.2, 0) is 11.3 Å². The summed E-state index contributed by atoms with van der Waals surface area (Å²) in [6.45, 7) is 5.63. The highest BCUT2D eigenvalue weighted by Gasteiger charge is 2.34. The fourth-order valence-corrected chi connectivity index (χ4v) is 4.77. The van der Waals surface area contributed by atoms with Crippen molar-refractivity contribution in [2.75, 3.05) is 0 Å². The molecular formula is C27H32ClFN2O3. The molecule has 2 saturated carbocycles. The predicted octanol–water partition coefficient (Wildman–Crippen LogP) is 6.93. The molecule has 4 rings (SSSR count). The summed E-state index contributed by atoms with van der Waals surface area (Å²) in [5.41, 5.74) is 2.58. The molecular weight excluding hydrogens is 455 g/mol. The number of alkyl carbamates (subject to hydrolysis) is 1. The maximum atomic E-state index is 13.9. The van der Waals surface area contributed by atoms with Crippen LogP contribution in [0.3, 0.4) is 0 Å². The summed E-state index contributed by atoms with van der Waals surface area (Å²) in [6, 6.07) is 8.88. The molecule has 1 heterocycles. The average Bonchev–Trinajstić information content (AvgIpc) is 3.63. The van der Waals surface area contributed by atoms with E-state index in [0.29, 0.717) is 17.3 Å². The van der Waals surface area contributed by atoms with Crippen LogP contribution < -0.4 is 5.32 Å². The first kappa shape index (κ1) is 24.6. The predicted molar refractivity (Wildman–Crippen MR) is 130 cm³/mol. The van der Waals surface area contributed by atoms with E-state index in [1.165, 1.54) is 6.07 Å². The van der Waals surface area contributed by atoms with Crippen molar-refractivity contribution in [1.29, 1.82) is 0 Å². The topological polar surface area (TPSA) is 68.3 Å². The number of ether oxygens (including phenoxy) is 1. The van der Waals surface area contributed by atoms with E-state index >= 15 is 0 Å². The van der Waals surface area contributed by atoms with E-state index in [9.17, 15) is 14.0 Å². The zero-order valence-corrected chi connectivity index (χ0v) is 20.8. The summed E-state index contributed by atoms with van der Waals surface area (Å²) in [6.07, 6.45) is 4.80. The molecule has 5 nitrogen and oxygen atoms in total. The molecule has 7 heteroatoms. The van der Waals surface area contributed by atoms with Crippen LogP contribution in [0.25, 0.3) is 0 Å². The maximum Gasteiger partial charge on any atom is 0.407 e. The Balaban J connectivity index is 1.43. The maximum absolute atomic E-state index is 13.9. The number of nitrogens with one attached hydrogen (secondary N) is 1. The van der Waals surface area contributed by atoms with Crippen LogP contribution in [0.4, 0.5) is 9.18 Å². The molecule has 34 heavy (non-hydrogen) atoms. The summed E-state index contributed by atoms with van der Waals surface area (Å²) < 4.78 is 19.2. The number of aromatic nitrogens is 1. The minimum atomic E-state index is -0.578. The van der Waals surface area contributed by atoms with Crippen LogP contribution >= 0.6 is 11.6 Å². The van der Waals surface area contributed by atoms with Crippen LogP contribution in [-0.4, -0.2) is 22.5 Å². The highest BCUT2D eigenvalue weighted by molar-refractivity contribution is 6.30. The molecule has 1 aromatic heterocycles. The van der Waals surface area contributed by atoms with Gasteiger partial charge >= 0.3 is 6.09 Å². The van der Waals surface area contributed by atoms with Crippen molar-refractivity contribution >= 4 is 23.5 Å². The zero-order chi connectivity index (χ0) is 24.5. The van der Waals surface area contributed by atoms with Gasteiger partial charge in [0, 0.05) is 5.92 Å². The van der Waals surface area contributed by atoms with Crippen LogP contribution in [0.1, 0.15) is 98.4 Å². The van der Waals surface area contributed by atoms with Crippen molar-refractivity contribution < 1.29 is 18.7 Å². The number of benzene rings is 1. The summed E-state index contributed by atoms with van der Waals surface area (Å²) in [5, 5.41) is 2.85. The third-order valence-electron chi connectivity index (χ3n) is 6.56. The van der Waals surface area contributed by atoms with E-state index in [1.54, 1.807) is 6.07 Å². The molecule has 0 unspecified atom stereocenters. The van der Waals surface area contributed by atoms with Gasteiger partial charge in [0.25, 0.3) is 0 Å². The van der Waals surface area contributed by atoms with E-state index in [1.807, 2.05) is 39.0 Å². The Morgan fingerprint density at radius 1 is 1.06 bits per heavy atom. The number of rotatable bonds is 6. The lowest BCUT2D eigenvalue weighted by atomic mass is 9.76. The smallest absolute Gasteiger partial charge is 0.407 e. The number of carbonyl (C=O) groups excluding carboxylic acids is 2. The largest absolute Gasteiger partial charge is 0.444 e. The Hall–Kier alpha value is -2.47. The van der Waals surface area contributed by atoms with Gasteiger partial charge in [0.15, 0.2) is 5.78 Å². The average molecular weight is 487 g/mol. The van der Waals surface area contributed by atoms with Crippen molar-refractivity contribution in [3.63, 3.8) is 0 Å². The van der Waals surface area contributed by atoms with Gasteiger partial charge in [0.05, 0.1) is 17.3 Å². The molecule has 1 amide bonds. The molecule has 0 spiro atoms. The summed E-state index contributed by atoms with van der Waals surface area (Å²) in [4.78, 5) is 30.2. The first-order chi connectivity index (χ1) is 16.1. The Kier molecular flexibility index (Phi) is 7.27. The standard InChI is InChI=1S/C27H32ClFN2O3/c1-27(2,3)34-26(33)30-15-20-11-12-21(17-6-7-17)24(31-20)25(32)18-8-4-16(5-9-18)19-10-13-22(28)23(29)14-19/h10-14,16-18H,4-9,15H2,1-3H3,(H,30,33). The molecule has 0 radical (unpaired) electrons. The van der Waals surface area contributed by atoms with Crippen molar-refractivity contribution in [3.05, 3.63) is 63.7 Å². The first-order valence-electron chi connectivity index (χ1n) is 12.1. The van der Waals surface area contributed by atoms with Gasteiger partial charge in [-0.3, -0.25) is 4.79 Å². The molecule has 182 valence electrons. The molecule has 2 aromatic rings. The highest BCUT2D eigenvalue weighted by atomic mass is 35.5. The minimum absolute atomic E-state index is 0.0850. The number of amides is 1. The summed E-state index contributed by atoms with van der Waals surface area (Å²) >= 11 is 5.82. The summed E-state index contributed by atoms with van der Waals surface area (Å²) in [7, 11) is 0. The minimum Gasteiger partial charge on any atom is -0.444 e. The van der Waals surface area contributed by atoms with Crippen molar-refractivity contribution in [1.82, 2.24) is 10.3 Å². The third-order valence-corrected chi connectivity index (χ3v) is 6.87. The van der Waals surface area contributed by atoms with E-state index in [-0.39, 0.29) is 29.2 Å². The van der Waals surface area contributed by atoms with Gasteiger partial charge in [-0.25, -0.2) is 14.2 Å². The fourth-order valence-electron chi connectivity index (χ4n) is 4.66. The van der Waals surface area contributed by atoms with Gasteiger partial charge in [-0.15, -0.1) is 0 Å². The lowest BCUT2D eigenvalue weighted by molar-refractivity contribution is 0.0523. The number of pyridine rings is 1. The first-order valence-corrected chi connectivity index (χ1v) is 12.4. The Labute approximate surface area is 205 Å². The molecule has 1 N–H and O–H groups in total. The van der Waals surface area contributed by atoms with Gasteiger partial charge in [-0.2, -0.15) is 0 Å². The summed E-state index contributed by atoms with van der Waals surface area (Å²) in [5.74, 6) is 0.227. The van der Waals surface area contributed by atoms with E-state index in [4.69, 9.17) is 21.3 Å². The molecule has 2 aliphatic carbocycles. The molecule has 2 fully saturated rings. The number of nitrogens with zero attached hydrogens (tertiary/aromatic N) is 1. The fraction of sp³-hybridized carbons (Fsp3) is 0.519. The molecule has 2 aliphatic rings. The Morgan fingerprint density at radius 3 is 2.35 bits per heavy atom. The highest BCUT2D eigenvalue weighted by Crippen LogP contribution is 2.43. The second-order valence-corrected chi connectivity index (χ2v) is 10.9. The third kappa shape index (κ3) is 6.15. The molecule has 0 bridgehead atoms. The van der Waals surface area contributed by atoms with Gasteiger partial charge in [0.1, 0.15) is 17.1 Å². The normalized spacial score (nSPS) is 20.6. The Morgan fingerprint density at radius 2 is 1.74 bits per heavy atom. The van der Waals surface area contributed by atoms with Crippen molar-refractivity contribution in [3.8, 4) is 0 Å². The number of hydrogen-bond donors (Lipinski definition) is 1. The number of hydrogen-bond acceptors (Lipinski definition) is 4. The molecule has 1 aromatic carbocycles. The van der Waals surface area contributed by atoms with Crippen LogP contribution in [0.15, 0.2) is 30.3 Å². The number of carbonyl (C=O) groups is 2. The zero-order valence-electron chi connectivity index (χ0n) is 20.0. The van der Waals surface area contributed by atoms with E-state index in [0.717, 1.165) is 49.7 Å². The lowest BCUT2D eigenvalue weighted by Crippen LogP contribution is -2.32. The van der Waals surface area contributed by atoms with Gasteiger partial charge in [-0.1, -0.05) is 23.7 Å². The molecule has 0 atom stereocenters. The lowest BCUT2D eigenvalue weighted by Gasteiger charge is -2.28. The monoisotopic (exact) mass is 486 g/mol. The van der Waals surface area contributed by atoms with E-state index < -0.39 is 17.5 Å². The van der Waals surface area contributed by atoms with Crippen LogP contribution in [0.2, 0.25) is 5.02 Å². The molecule has 0 aliphatic heterocycles. The quantitative estimate of drug-likeness (QED) is 0.449. The molecule has 0 saturated heterocycles. The van der Waals surface area contributed by atoms with Gasteiger partial charge in [0.2, 0.25) is 0 Å². The van der Waals surface area contributed by atoms with Crippen molar-refractivity contribution in [2.45, 2.75) is 83.3 Å². The van der Waals surface area contributed by atoms with Crippen molar-refractivity contribution in [2.24, 2.45) is 5.92 Å². The SMILES string of the molecule is CC(C)(C)OC(=O)NCc1ccc(C2CC2)c(C(=O)C2CCC(c3ccc(Cl)c(F)c3)CC2)n1.